The highest BCUT2D eigenvalue weighted by atomic mass is 16.5. The van der Waals surface area contributed by atoms with Crippen LogP contribution in [-0.4, -0.2) is 24.3 Å². The summed E-state index contributed by atoms with van der Waals surface area (Å²) in [4.78, 5) is 0. The van der Waals surface area contributed by atoms with E-state index in [9.17, 15) is 0 Å². The second-order valence-electron chi connectivity index (χ2n) is 8.36. The summed E-state index contributed by atoms with van der Waals surface area (Å²) in [6, 6.07) is 1.41. The van der Waals surface area contributed by atoms with Gasteiger partial charge in [0.25, 0.3) is 0 Å². The van der Waals surface area contributed by atoms with Gasteiger partial charge in [0.05, 0.1) is 5.60 Å². The zero-order valence-electron chi connectivity index (χ0n) is 14.3. The zero-order valence-corrected chi connectivity index (χ0v) is 14.3. The smallest absolute Gasteiger partial charge is 0.0641 e. The van der Waals surface area contributed by atoms with Gasteiger partial charge in [-0.3, -0.25) is 0 Å². The van der Waals surface area contributed by atoms with Crippen molar-refractivity contribution in [1.82, 2.24) is 5.32 Å². The van der Waals surface area contributed by atoms with Crippen molar-refractivity contribution >= 4 is 0 Å². The molecule has 20 heavy (non-hydrogen) atoms. The fraction of sp³-hybridized carbons (Fsp3) is 1.00. The Morgan fingerprint density at radius 1 is 1.05 bits per heavy atom. The first-order valence-corrected chi connectivity index (χ1v) is 8.72. The molecule has 0 aromatic rings. The molecule has 0 aromatic carbocycles. The van der Waals surface area contributed by atoms with Gasteiger partial charge in [0.2, 0.25) is 0 Å². The van der Waals surface area contributed by atoms with Crippen molar-refractivity contribution in [2.75, 3.05) is 6.61 Å². The molecule has 0 amide bonds. The molecule has 1 atom stereocenters. The Kier molecular flexibility index (Phi) is 5.18. The molecule has 2 fully saturated rings. The number of hydrogen-bond donors (Lipinski definition) is 1. The summed E-state index contributed by atoms with van der Waals surface area (Å²) in [7, 11) is 0. The first kappa shape index (κ1) is 16.3. The summed E-state index contributed by atoms with van der Waals surface area (Å²) >= 11 is 0. The van der Waals surface area contributed by atoms with Crippen LogP contribution in [0.1, 0.15) is 79.6 Å². The molecule has 118 valence electrons. The lowest BCUT2D eigenvalue weighted by atomic mass is 9.69. The Morgan fingerprint density at radius 2 is 1.70 bits per heavy atom. The van der Waals surface area contributed by atoms with Gasteiger partial charge in [-0.25, -0.2) is 0 Å². The Bertz CT molecular complexity index is 303. The summed E-state index contributed by atoms with van der Waals surface area (Å²) in [6.07, 6.45) is 9.20. The summed E-state index contributed by atoms with van der Waals surface area (Å²) in [5, 5.41) is 3.92. The molecule has 2 rings (SSSR count). The highest BCUT2D eigenvalue weighted by Crippen LogP contribution is 2.40. The van der Waals surface area contributed by atoms with E-state index >= 15 is 0 Å². The highest BCUT2D eigenvalue weighted by Gasteiger charge is 2.34. The van der Waals surface area contributed by atoms with Gasteiger partial charge >= 0.3 is 0 Å². The van der Waals surface area contributed by atoms with Crippen molar-refractivity contribution in [2.45, 2.75) is 97.2 Å². The summed E-state index contributed by atoms with van der Waals surface area (Å²) in [6.45, 7) is 12.6. The van der Waals surface area contributed by atoms with Crippen molar-refractivity contribution in [2.24, 2.45) is 11.3 Å². The molecule has 1 aliphatic heterocycles. The molecular formula is C18H35NO. The maximum Gasteiger partial charge on any atom is 0.0641 e. The first-order chi connectivity index (χ1) is 9.32. The lowest BCUT2D eigenvalue weighted by molar-refractivity contribution is -0.0650. The Morgan fingerprint density at radius 3 is 2.25 bits per heavy atom. The third-order valence-electron chi connectivity index (χ3n) is 5.91. The SMILES string of the molecule is CCC(C)(C)C1CCC(NC2CCOC(C)(C)C2)CC1. The van der Waals surface area contributed by atoms with Crippen molar-refractivity contribution in [1.29, 1.82) is 0 Å². The van der Waals surface area contributed by atoms with E-state index in [1.165, 1.54) is 38.5 Å². The van der Waals surface area contributed by atoms with Crippen LogP contribution < -0.4 is 5.32 Å². The maximum atomic E-state index is 5.82. The molecule has 1 saturated carbocycles. The predicted octanol–water partition coefficient (Wildman–Crippen LogP) is 4.53. The average molecular weight is 281 g/mol. The van der Waals surface area contributed by atoms with E-state index in [2.05, 4.69) is 39.9 Å². The van der Waals surface area contributed by atoms with Crippen LogP contribution in [0.4, 0.5) is 0 Å². The Labute approximate surface area is 126 Å². The standard InChI is InChI=1S/C18H35NO/c1-6-17(2,3)14-7-9-15(10-8-14)19-16-11-12-20-18(4,5)13-16/h14-16,19H,6-13H2,1-5H3. The third kappa shape index (κ3) is 4.21. The van der Waals surface area contributed by atoms with Crippen LogP contribution in [0.25, 0.3) is 0 Å². The zero-order chi connectivity index (χ0) is 14.8. The highest BCUT2D eigenvalue weighted by molar-refractivity contribution is 4.89. The molecule has 0 aromatic heterocycles. The van der Waals surface area contributed by atoms with E-state index < -0.39 is 0 Å². The van der Waals surface area contributed by atoms with Gasteiger partial charge in [0.15, 0.2) is 0 Å². The minimum Gasteiger partial charge on any atom is -0.375 e. The monoisotopic (exact) mass is 281 g/mol. The third-order valence-corrected chi connectivity index (χ3v) is 5.91. The molecule has 1 heterocycles. The summed E-state index contributed by atoms with van der Waals surface area (Å²) < 4.78 is 5.82. The van der Waals surface area contributed by atoms with Crippen LogP contribution >= 0.6 is 0 Å². The Hall–Kier alpha value is -0.0800. The van der Waals surface area contributed by atoms with Crippen LogP contribution in [-0.2, 0) is 4.74 Å². The molecule has 0 bridgehead atoms. The largest absolute Gasteiger partial charge is 0.375 e. The van der Waals surface area contributed by atoms with Crippen molar-refractivity contribution in [3.05, 3.63) is 0 Å². The van der Waals surface area contributed by atoms with Crippen LogP contribution in [0.2, 0.25) is 0 Å². The summed E-state index contributed by atoms with van der Waals surface area (Å²) in [5.74, 6) is 0.927. The minimum absolute atomic E-state index is 0.0668. The molecule has 1 unspecified atom stereocenters. The van der Waals surface area contributed by atoms with Crippen molar-refractivity contribution < 1.29 is 4.74 Å². The molecule has 2 nitrogen and oxygen atoms in total. The molecule has 2 heteroatoms. The van der Waals surface area contributed by atoms with Gasteiger partial charge in [-0.05, 0) is 63.7 Å². The van der Waals surface area contributed by atoms with E-state index in [0.29, 0.717) is 11.5 Å². The number of rotatable bonds is 4. The van der Waals surface area contributed by atoms with E-state index in [1.807, 2.05) is 0 Å². The number of ether oxygens (including phenoxy) is 1. The number of nitrogens with one attached hydrogen (secondary N) is 1. The lowest BCUT2D eigenvalue weighted by Crippen LogP contribution is -2.48. The molecule has 0 radical (unpaired) electrons. The molecule has 1 N–H and O–H groups in total. The number of hydrogen-bond acceptors (Lipinski definition) is 2. The van der Waals surface area contributed by atoms with Gasteiger partial charge in [0.1, 0.15) is 0 Å². The molecule has 1 saturated heterocycles. The van der Waals surface area contributed by atoms with E-state index in [1.54, 1.807) is 0 Å². The normalized spacial score (nSPS) is 35.0. The van der Waals surface area contributed by atoms with Gasteiger partial charge in [-0.2, -0.15) is 0 Å². The summed E-state index contributed by atoms with van der Waals surface area (Å²) in [5.41, 5.74) is 0.600. The maximum absolute atomic E-state index is 5.82. The molecule has 1 aliphatic carbocycles. The molecular weight excluding hydrogens is 246 g/mol. The van der Waals surface area contributed by atoms with Crippen molar-refractivity contribution in [3.8, 4) is 0 Å². The van der Waals surface area contributed by atoms with Crippen LogP contribution in [0.5, 0.6) is 0 Å². The first-order valence-electron chi connectivity index (χ1n) is 8.72. The van der Waals surface area contributed by atoms with Crippen molar-refractivity contribution in [3.63, 3.8) is 0 Å². The quantitative estimate of drug-likeness (QED) is 0.817. The predicted molar refractivity (Wildman–Crippen MR) is 86.0 cm³/mol. The fourth-order valence-corrected chi connectivity index (χ4v) is 4.04. The van der Waals surface area contributed by atoms with E-state index in [4.69, 9.17) is 4.74 Å². The Balaban J connectivity index is 1.77. The minimum atomic E-state index is 0.0668. The van der Waals surface area contributed by atoms with Gasteiger partial charge in [0, 0.05) is 18.7 Å². The van der Waals surface area contributed by atoms with Crippen LogP contribution in [0, 0.1) is 11.3 Å². The topological polar surface area (TPSA) is 21.3 Å². The van der Waals surface area contributed by atoms with Crippen LogP contribution in [0.15, 0.2) is 0 Å². The second-order valence-corrected chi connectivity index (χ2v) is 8.36. The average Bonchev–Trinajstić information content (AvgIpc) is 2.38. The molecule has 2 aliphatic rings. The van der Waals surface area contributed by atoms with E-state index in [-0.39, 0.29) is 5.60 Å². The lowest BCUT2D eigenvalue weighted by Gasteiger charge is -2.42. The van der Waals surface area contributed by atoms with E-state index in [0.717, 1.165) is 25.0 Å². The fourth-order valence-electron chi connectivity index (χ4n) is 4.04. The van der Waals surface area contributed by atoms with Crippen LogP contribution in [0.3, 0.4) is 0 Å². The van der Waals surface area contributed by atoms with Gasteiger partial charge in [-0.1, -0.05) is 27.2 Å². The second kappa shape index (κ2) is 6.36. The molecule has 0 spiro atoms. The van der Waals surface area contributed by atoms with Gasteiger partial charge in [-0.15, -0.1) is 0 Å². The van der Waals surface area contributed by atoms with Gasteiger partial charge < -0.3 is 10.1 Å².